The summed E-state index contributed by atoms with van der Waals surface area (Å²) in [5.41, 5.74) is 2.10. The number of aromatic nitrogens is 1. The smallest absolute Gasteiger partial charge is 0.274 e. The molecule has 1 fully saturated rings. The van der Waals surface area contributed by atoms with Crippen molar-refractivity contribution in [3.63, 3.8) is 0 Å². The van der Waals surface area contributed by atoms with Gasteiger partial charge in [-0.05, 0) is 30.7 Å². The van der Waals surface area contributed by atoms with Gasteiger partial charge in [0.25, 0.3) is 5.91 Å². The fraction of sp³-hybridized carbons (Fsp3) is 0.429. The average molecular weight is 352 g/mol. The first-order valence-corrected chi connectivity index (χ1v) is 9.40. The van der Waals surface area contributed by atoms with E-state index in [1.54, 1.807) is 6.07 Å². The Hall–Kier alpha value is -2.56. The molecule has 2 aromatic rings. The van der Waals surface area contributed by atoms with Crippen LogP contribution >= 0.6 is 0 Å². The molecule has 0 radical (unpaired) electrons. The number of aryl methyl sites for hydroxylation is 1. The lowest BCUT2D eigenvalue weighted by Gasteiger charge is -2.32. The van der Waals surface area contributed by atoms with Crippen molar-refractivity contribution in [3.8, 4) is 5.75 Å². The maximum absolute atomic E-state index is 13.1. The van der Waals surface area contributed by atoms with Crippen molar-refractivity contribution in [2.24, 2.45) is 5.92 Å². The normalized spacial score (nSPS) is 16.5. The summed E-state index contributed by atoms with van der Waals surface area (Å²) in [4.78, 5) is 27.7. The first-order valence-electron chi connectivity index (χ1n) is 9.40. The SMILES string of the molecule is CCc1cc(=O)c(OCc2ccccc2)c2n1CCN(CC1CC1)C2=O. The first kappa shape index (κ1) is 16.9. The van der Waals surface area contributed by atoms with Gasteiger partial charge in [0.2, 0.25) is 5.43 Å². The van der Waals surface area contributed by atoms with Gasteiger partial charge in [-0.3, -0.25) is 9.59 Å². The standard InChI is InChI=1S/C21H24N2O3/c1-2-17-12-18(24)20(26-14-16-6-4-3-5-7-16)19-21(25)22(10-11-23(17)19)13-15-8-9-15/h3-7,12,15H,2,8-11,13-14H2,1H3. The molecule has 26 heavy (non-hydrogen) atoms. The molecule has 1 saturated carbocycles. The molecule has 2 aliphatic rings. The molecule has 5 heteroatoms. The predicted octanol–water partition coefficient (Wildman–Crippen LogP) is 2.86. The summed E-state index contributed by atoms with van der Waals surface area (Å²) >= 11 is 0. The third kappa shape index (κ3) is 3.26. The van der Waals surface area contributed by atoms with Crippen LogP contribution in [0.25, 0.3) is 0 Å². The highest BCUT2D eigenvalue weighted by Crippen LogP contribution is 2.32. The Morgan fingerprint density at radius 1 is 1.12 bits per heavy atom. The largest absolute Gasteiger partial charge is 0.483 e. The topological polar surface area (TPSA) is 51.5 Å². The van der Waals surface area contributed by atoms with Gasteiger partial charge in [0.15, 0.2) is 11.4 Å². The number of hydrogen-bond acceptors (Lipinski definition) is 3. The molecule has 5 nitrogen and oxygen atoms in total. The maximum Gasteiger partial charge on any atom is 0.274 e. The number of pyridine rings is 1. The summed E-state index contributed by atoms with van der Waals surface area (Å²) in [7, 11) is 0. The van der Waals surface area contributed by atoms with Gasteiger partial charge in [0, 0.05) is 31.4 Å². The van der Waals surface area contributed by atoms with Crippen molar-refractivity contribution >= 4 is 5.91 Å². The number of carbonyl (C=O) groups is 1. The third-order valence-corrected chi connectivity index (χ3v) is 5.20. The molecular weight excluding hydrogens is 328 g/mol. The molecule has 136 valence electrons. The fourth-order valence-electron chi connectivity index (χ4n) is 3.57. The van der Waals surface area contributed by atoms with Crippen LogP contribution in [-0.4, -0.2) is 28.5 Å². The minimum atomic E-state index is -0.203. The Kier molecular flexibility index (Phi) is 4.53. The molecule has 0 unspecified atom stereocenters. The molecule has 0 spiro atoms. The summed E-state index contributed by atoms with van der Waals surface area (Å²) in [6.45, 7) is 4.51. The van der Waals surface area contributed by atoms with E-state index in [0.29, 0.717) is 18.2 Å². The Morgan fingerprint density at radius 3 is 2.58 bits per heavy atom. The monoisotopic (exact) mass is 352 g/mol. The van der Waals surface area contributed by atoms with E-state index in [1.165, 1.54) is 12.8 Å². The van der Waals surface area contributed by atoms with Crippen LogP contribution in [-0.2, 0) is 19.6 Å². The minimum absolute atomic E-state index is 0.0707. The van der Waals surface area contributed by atoms with Gasteiger partial charge in [0.05, 0.1) is 0 Å². The van der Waals surface area contributed by atoms with E-state index in [9.17, 15) is 9.59 Å². The van der Waals surface area contributed by atoms with Crippen LogP contribution in [0.1, 0.15) is 41.5 Å². The van der Waals surface area contributed by atoms with Crippen molar-refractivity contribution in [2.45, 2.75) is 39.3 Å². The van der Waals surface area contributed by atoms with Gasteiger partial charge in [-0.25, -0.2) is 0 Å². The highest BCUT2D eigenvalue weighted by atomic mass is 16.5. The number of carbonyl (C=O) groups excluding carboxylic acids is 1. The highest BCUT2D eigenvalue weighted by Gasteiger charge is 2.34. The second kappa shape index (κ2) is 6.98. The summed E-state index contributed by atoms with van der Waals surface area (Å²) in [6, 6.07) is 11.3. The maximum atomic E-state index is 13.1. The molecule has 1 aromatic carbocycles. The summed E-state index contributed by atoms with van der Waals surface area (Å²) in [6.07, 6.45) is 3.11. The molecular formula is C21H24N2O3. The van der Waals surface area contributed by atoms with E-state index < -0.39 is 0 Å². The van der Waals surface area contributed by atoms with Crippen LogP contribution in [0.15, 0.2) is 41.2 Å². The number of nitrogens with zero attached hydrogens (tertiary/aromatic N) is 2. The molecule has 0 bridgehead atoms. The third-order valence-electron chi connectivity index (χ3n) is 5.20. The van der Waals surface area contributed by atoms with Crippen LogP contribution in [0.2, 0.25) is 0 Å². The number of benzene rings is 1. The van der Waals surface area contributed by atoms with E-state index in [1.807, 2.05) is 46.7 Å². The Labute approximate surface area is 153 Å². The van der Waals surface area contributed by atoms with E-state index >= 15 is 0 Å². The van der Waals surface area contributed by atoms with Gasteiger partial charge < -0.3 is 14.2 Å². The van der Waals surface area contributed by atoms with Gasteiger partial charge in [-0.2, -0.15) is 0 Å². The van der Waals surface area contributed by atoms with Crippen LogP contribution in [0.5, 0.6) is 5.75 Å². The van der Waals surface area contributed by atoms with Gasteiger partial charge in [-0.15, -0.1) is 0 Å². The second-order valence-electron chi connectivity index (χ2n) is 7.15. The van der Waals surface area contributed by atoms with Gasteiger partial charge in [0.1, 0.15) is 6.61 Å². The van der Waals surface area contributed by atoms with Gasteiger partial charge >= 0.3 is 0 Å². The molecule has 1 aliphatic heterocycles. The lowest BCUT2D eigenvalue weighted by molar-refractivity contribution is 0.0683. The molecule has 0 N–H and O–H groups in total. The molecule has 1 amide bonds. The summed E-state index contributed by atoms with van der Waals surface area (Å²) in [5, 5.41) is 0. The fourth-order valence-corrected chi connectivity index (χ4v) is 3.57. The number of rotatable bonds is 6. The number of fused-ring (bicyclic) bond motifs is 1. The molecule has 0 saturated heterocycles. The zero-order chi connectivity index (χ0) is 18.1. The van der Waals surface area contributed by atoms with E-state index in [2.05, 4.69) is 0 Å². The quantitative estimate of drug-likeness (QED) is 0.803. The van der Waals surface area contributed by atoms with Crippen molar-refractivity contribution in [3.05, 3.63) is 63.6 Å². The molecule has 1 aromatic heterocycles. The molecule has 1 aliphatic carbocycles. The Balaban J connectivity index is 1.69. The summed E-state index contributed by atoms with van der Waals surface area (Å²) < 4.78 is 7.86. The Bertz CT molecular complexity index is 869. The van der Waals surface area contributed by atoms with Crippen molar-refractivity contribution in [2.75, 3.05) is 13.1 Å². The second-order valence-corrected chi connectivity index (χ2v) is 7.15. The van der Waals surface area contributed by atoms with Gasteiger partial charge in [-0.1, -0.05) is 37.3 Å². The highest BCUT2D eigenvalue weighted by molar-refractivity contribution is 5.96. The zero-order valence-electron chi connectivity index (χ0n) is 15.1. The molecule has 2 heterocycles. The van der Waals surface area contributed by atoms with E-state index in [4.69, 9.17) is 4.74 Å². The molecule has 0 atom stereocenters. The number of ether oxygens (including phenoxy) is 1. The van der Waals surface area contributed by atoms with Crippen LogP contribution in [0.3, 0.4) is 0 Å². The predicted molar refractivity (Wildman–Crippen MR) is 99.5 cm³/mol. The lowest BCUT2D eigenvalue weighted by Crippen LogP contribution is -2.43. The zero-order valence-corrected chi connectivity index (χ0v) is 15.1. The molecule has 4 rings (SSSR count). The van der Waals surface area contributed by atoms with Crippen LogP contribution < -0.4 is 10.2 Å². The summed E-state index contributed by atoms with van der Waals surface area (Å²) in [5.74, 6) is 0.746. The van der Waals surface area contributed by atoms with Crippen molar-refractivity contribution in [1.82, 2.24) is 9.47 Å². The van der Waals surface area contributed by atoms with Crippen LogP contribution in [0.4, 0.5) is 0 Å². The average Bonchev–Trinajstić information content (AvgIpc) is 3.47. The number of hydrogen-bond donors (Lipinski definition) is 0. The van der Waals surface area contributed by atoms with Crippen LogP contribution in [0, 0.1) is 5.92 Å². The Morgan fingerprint density at radius 2 is 1.88 bits per heavy atom. The van der Waals surface area contributed by atoms with E-state index in [-0.39, 0.29) is 23.7 Å². The number of amides is 1. The van der Waals surface area contributed by atoms with E-state index in [0.717, 1.165) is 30.8 Å². The van der Waals surface area contributed by atoms with Crippen molar-refractivity contribution in [1.29, 1.82) is 0 Å². The first-order chi connectivity index (χ1) is 12.7. The lowest BCUT2D eigenvalue weighted by atomic mass is 10.1. The minimum Gasteiger partial charge on any atom is -0.483 e. The van der Waals surface area contributed by atoms with Crippen molar-refractivity contribution < 1.29 is 9.53 Å².